The molecule has 0 aromatic heterocycles. The minimum atomic E-state index is -1.19. The number of rotatable bonds is 4. The number of hydrogen-bond donors (Lipinski definition) is 0. The summed E-state index contributed by atoms with van der Waals surface area (Å²) < 4.78 is 9.60. The van der Waals surface area contributed by atoms with E-state index in [1.807, 2.05) is 0 Å². The van der Waals surface area contributed by atoms with E-state index in [0.717, 1.165) is 0 Å². The van der Waals surface area contributed by atoms with Crippen LogP contribution in [0.3, 0.4) is 0 Å². The van der Waals surface area contributed by atoms with E-state index >= 15 is 0 Å². The highest BCUT2D eigenvalue weighted by Crippen LogP contribution is 2.09. The van der Waals surface area contributed by atoms with E-state index in [-0.39, 0.29) is 17.6 Å². The van der Waals surface area contributed by atoms with Crippen molar-refractivity contribution in [1.29, 1.82) is 0 Å². The second-order valence-electron chi connectivity index (χ2n) is 3.40. The monoisotopic (exact) mass is 227 g/mol. The van der Waals surface area contributed by atoms with Crippen molar-refractivity contribution in [2.24, 2.45) is 0 Å². The number of carbonyl (C=O) groups excluding carboxylic acids is 2. The molecule has 0 aromatic carbocycles. The molecule has 1 atom stereocenters. The van der Waals surface area contributed by atoms with Crippen LogP contribution in [0.5, 0.6) is 0 Å². The van der Waals surface area contributed by atoms with Crippen molar-refractivity contribution in [1.82, 2.24) is 0 Å². The zero-order valence-corrected chi connectivity index (χ0v) is 9.45. The molecule has 0 radical (unpaired) electrons. The molecule has 0 bridgehead atoms. The molecule has 1 heterocycles. The molecule has 1 aliphatic heterocycles. The third-order valence-electron chi connectivity index (χ3n) is 1.50. The zero-order valence-electron chi connectivity index (χ0n) is 9.45. The highest BCUT2D eigenvalue weighted by Gasteiger charge is 2.24. The van der Waals surface area contributed by atoms with E-state index in [4.69, 9.17) is 9.47 Å². The van der Waals surface area contributed by atoms with Gasteiger partial charge in [0.2, 0.25) is 0 Å². The second kappa shape index (κ2) is 6.79. The molecule has 0 N–H and O–H groups in total. The summed E-state index contributed by atoms with van der Waals surface area (Å²) in [5.41, 5.74) is 0.496. The standard InChI is InChI=1S/C7H10O3.C4H6O2/c1-5(2)7(8)10-4-6-3-9-6;1-3(2)4(5)6/h6H,1,3-4H2,2H3;1H2,2H3,(H,5,6)/p-1. The highest BCUT2D eigenvalue weighted by molar-refractivity contribution is 5.86. The summed E-state index contributed by atoms with van der Waals surface area (Å²) in [7, 11) is 0. The van der Waals surface area contributed by atoms with Gasteiger partial charge in [-0.2, -0.15) is 0 Å². The molecule has 90 valence electrons. The number of aliphatic carboxylic acids is 1. The van der Waals surface area contributed by atoms with Crippen molar-refractivity contribution in [2.45, 2.75) is 20.0 Å². The smallest absolute Gasteiger partial charge is 0.333 e. The molecular formula is C11H15O5-. The minimum absolute atomic E-state index is 0.0648. The number of epoxide rings is 1. The predicted molar refractivity (Wildman–Crippen MR) is 55.3 cm³/mol. The lowest BCUT2D eigenvalue weighted by Crippen LogP contribution is -2.22. The SMILES string of the molecule is C=C(C)C(=O)OCC1CO1.C=C(C)C(=O)[O-]. The molecule has 0 aliphatic carbocycles. The van der Waals surface area contributed by atoms with Gasteiger partial charge < -0.3 is 19.4 Å². The van der Waals surface area contributed by atoms with E-state index in [1.54, 1.807) is 6.92 Å². The van der Waals surface area contributed by atoms with Crippen molar-refractivity contribution in [3.63, 3.8) is 0 Å². The Bertz CT molecular complexity index is 289. The molecule has 1 fully saturated rings. The quantitative estimate of drug-likeness (QED) is 0.378. The largest absolute Gasteiger partial charge is 0.545 e. The predicted octanol–water partition coefficient (Wildman–Crippen LogP) is -0.183. The Morgan fingerprint density at radius 1 is 1.38 bits per heavy atom. The van der Waals surface area contributed by atoms with E-state index in [2.05, 4.69) is 13.2 Å². The summed E-state index contributed by atoms with van der Waals surface area (Å²) in [6, 6.07) is 0. The van der Waals surface area contributed by atoms with Gasteiger partial charge in [0.1, 0.15) is 12.7 Å². The molecule has 0 saturated carbocycles. The number of carboxylic acid groups (broad SMARTS) is 1. The molecule has 0 aromatic rings. The molecule has 1 aliphatic rings. The maximum atomic E-state index is 10.7. The van der Waals surface area contributed by atoms with Crippen molar-refractivity contribution in [2.75, 3.05) is 13.2 Å². The van der Waals surface area contributed by atoms with Gasteiger partial charge in [-0.15, -0.1) is 0 Å². The lowest BCUT2D eigenvalue weighted by molar-refractivity contribution is -0.299. The minimum Gasteiger partial charge on any atom is -0.545 e. The van der Waals surface area contributed by atoms with Crippen LogP contribution in [0, 0.1) is 0 Å². The average Bonchev–Trinajstić information content (AvgIpc) is 2.98. The van der Waals surface area contributed by atoms with Crippen LogP contribution in [0.2, 0.25) is 0 Å². The van der Waals surface area contributed by atoms with Gasteiger partial charge in [-0.3, -0.25) is 0 Å². The fourth-order valence-electron chi connectivity index (χ4n) is 0.456. The first-order valence-corrected chi connectivity index (χ1v) is 4.65. The van der Waals surface area contributed by atoms with Crippen molar-refractivity contribution in [3.8, 4) is 0 Å². The Morgan fingerprint density at radius 3 is 2.06 bits per heavy atom. The molecule has 5 nitrogen and oxygen atoms in total. The van der Waals surface area contributed by atoms with Gasteiger partial charge in [-0.25, -0.2) is 4.79 Å². The summed E-state index contributed by atoms with van der Waals surface area (Å²) in [6.07, 6.45) is 0.142. The Balaban J connectivity index is 0.000000325. The first kappa shape index (κ1) is 14.4. The third-order valence-corrected chi connectivity index (χ3v) is 1.50. The topological polar surface area (TPSA) is 79.0 Å². The van der Waals surface area contributed by atoms with Gasteiger partial charge in [-0.05, 0) is 19.4 Å². The number of carbonyl (C=O) groups is 2. The van der Waals surface area contributed by atoms with Crippen LogP contribution in [-0.4, -0.2) is 31.3 Å². The van der Waals surface area contributed by atoms with Crippen LogP contribution in [-0.2, 0) is 19.1 Å². The van der Waals surface area contributed by atoms with Crippen molar-refractivity contribution < 1.29 is 24.2 Å². The molecule has 1 saturated heterocycles. The van der Waals surface area contributed by atoms with Gasteiger partial charge in [0.15, 0.2) is 0 Å². The summed E-state index contributed by atoms with van der Waals surface area (Å²) in [5.74, 6) is -1.52. The molecule has 16 heavy (non-hydrogen) atoms. The van der Waals surface area contributed by atoms with Crippen LogP contribution >= 0.6 is 0 Å². The fraction of sp³-hybridized carbons (Fsp3) is 0.455. The first-order valence-electron chi connectivity index (χ1n) is 4.65. The number of esters is 1. The average molecular weight is 227 g/mol. The van der Waals surface area contributed by atoms with E-state index in [9.17, 15) is 14.7 Å². The lowest BCUT2D eigenvalue weighted by Gasteiger charge is -1.99. The fourth-order valence-corrected chi connectivity index (χ4v) is 0.456. The zero-order chi connectivity index (χ0) is 12.7. The summed E-state index contributed by atoms with van der Waals surface area (Å²) in [4.78, 5) is 20.2. The Hall–Kier alpha value is -1.62. The number of ether oxygens (including phenoxy) is 2. The van der Waals surface area contributed by atoms with E-state index in [1.165, 1.54) is 6.92 Å². The normalized spacial score (nSPS) is 16.5. The van der Waals surface area contributed by atoms with Crippen molar-refractivity contribution >= 4 is 11.9 Å². The number of carboxylic acids is 1. The Labute approximate surface area is 94.4 Å². The molecule has 1 unspecified atom stereocenters. The van der Waals surface area contributed by atoms with Gasteiger partial charge in [0.05, 0.1) is 12.6 Å². The van der Waals surface area contributed by atoms with Crippen LogP contribution in [0.15, 0.2) is 24.3 Å². The Kier molecular flexibility index (Phi) is 6.10. The third kappa shape index (κ3) is 7.75. The van der Waals surface area contributed by atoms with Crippen LogP contribution in [0.4, 0.5) is 0 Å². The number of hydrogen-bond acceptors (Lipinski definition) is 5. The maximum Gasteiger partial charge on any atom is 0.333 e. The maximum absolute atomic E-state index is 10.7. The van der Waals surface area contributed by atoms with Crippen molar-refractivity contribution in [3.05, 3.63) is 24.3 Å². The first-order chi connectivity index (χ1) is 7.34. The van der Waals surface area contributed by atoms with Gasteiger partial charge in [0, 0.05) is 5.57 Å². The molecular weight excluding hydrogens is 212 g/mol. The molecule has 1 rings (SSSR count). The Morgan fingerprint density at radius 2 is 1.81 bits per heavy atom. The second-order valence-corrected chi connectivity index (χ2v) is 3.40. The van der Waals surface area contributed by atoms with Crippen LogP contribution in [0.1, 0.15) is 13.8 Å². The molecule has 5 heteroatoms. The van der Waals surface area contributed by atoms with Gasteiger partial charge >= 0.3 is 5.97 Å². The summed E-state index contributed by atoms with van der Waals surface area (Å²) >= 11 is 0. The van der Waals surface area contributed by atoms with E-state index < -0.39 is 5.97 Å². The summed E-state index contributed by atoms with van der Waals surface area (Å²) in [5, 5.41) is 9.49. The van der Waals surface area contributed by atoms with Crippen LogP contribution in [0.25, 0.3) is 0 Å². The lowest BCUT2D eigenvalue weighted by atomic mass is 10.4. The van der Waals surface area contributed by atoms with Gasteiger partial charge in [-0.1, -0.05) is 13.2 Å². The highest BCUT2D eigenvalue weighted by atomic mass is 16.6. The van der Waals surface area contributed by atoms with E-state index in [0.29, 0.717) is 18.8 Å². The molecule has 0 amide bonds. The molecule has 0 spiro atoms. The summed E-state index contributed by atoms with van der Waals surface area (Å²) in [6.45, 7) is 10.6. The van der Waals surface area contributed by atoms with Gasteiger partial charge in [0.25, 0.3) is 0 Å². The van der Waals surface area contributed by atoms with Crippen LogP contribution < -0.4 is 5.11 Å².